The van der Waals surface area contributed by atoms with Crippen LogP contribution in [0.25, 0.3) is 22.0 Å². The Morgan fingerprint density at radius 2 is 1.78 bits per heavy atom. The van der Waals surface area contributed by atoms with E-state index in [1.54, 1.807) is 12.1 Å². The number of nitrogens with one attached hydrogen (secondary N) is 1. The van der Waals surface area contributed by atoms with Crippen molar-refractivity contribution in [2.75, 3.05) is 0 Å². The Bertz CT molecular complexity index is 1610. The molecular formula is C28H21BrClN3O4. The third kappa shape index (κ3) is 5.08. The van der Waals surface area contributed by atoms with Crippen molar-refractivity contribution in [1.29, 1.82) is 0 Å². The number of aromatic amines is 1. The molecule has 2 N–H and O–H groups in total. The highest BCUT2D eigenvalue weighted by atomic mass is 79.9. The number of carboxylic acid groups (broad SMARTS) is 1. The van der Waals surface area contributed by atoms with Gasteiger partial charge in [-0.1, -0.05) is 70.0 Å². The number of hydrogen-bond donors (Lipinski definition) is 2. The van der Waals surface area contributed by atoms with Crippen LogP contribution >= 0.6 is 27.5 Å². The number of aliphatic carboxylic acids is 1. The van der Waals surface area contributed by atoms with Crippen LogP contribution in [0.4, 0.5) is 0 Å². The van der Waals surface area contributed by atoms with Gasteiger partial charge in [0.15, 0.2) is 0 Å². The Morgan fingerprint density at radius 3 is 2.51 bits per heavy atom. The average Bonchev–Trinajstić information content (AvgIpc) is 3.32. The average molecular weight is 579 g/mol. The molecule has 1 aliphatic rings. The van der Waals surface area contributed by atoms with Crippen LogP contribution < -0.4 is 5.56 Å². The number of carbonyl (C=O) groups is 2. The van der Waals surface area contributed by atoms with Crippen molar-refractivity contribution >= 4 is 56.0 Å². The van der Waals surface area contributed by atoms with E-state index in [1.165, 1.54) is 5.01 Å². The number of hydrogen-bond acceptors (Lipinski definition) is 4. The highest BCUT2D eigenvalue weighted by molar-refractivity contribution is 9.10. The van der Waals surface area contributed by atoms with Gasteiger partial charge in [-0.15, -0.1) is 0 Å². The van der Waals surface area contributed by atoms with E-state index >= 15 is 0 Å². The van der Waals surface area contributed by atoms with Gasteiger partial charge in [0.1, 0.15) is 0 Å². The fraction of sp³-hybridized carbons (Fsp3) is 0.143. The van der Waals surface area contributed by atoms with Crippen molar-refractivity contribution in [1.82, 2.24) is 9.99 Å². The monoisotopic (exact) mass is 577 g/mol. The highest BCUT2D eigenvalue weighted by Crippen LogP contribution is 2.38. The summed E-state index contributed by atoms with van der Waals surface area (Å²) in [4.78, 5) is 40.7. The third-order valence-corrected chi connectivity index (χ3v) is 7.04. The van der Waals surface area contributed by atoms with Crippen molar-refractivity contribution in [2.45, 2.75) is 25.3 Å². The number of hydrazone groups is 1. The summed E-state index contributed by atoms with van der Waals surface area (Å²) in [6.07, 6.45) is -0.218. The van der Waals surface area contributed by atoms with E-state index in [1.807, 2.05) is 60.7 Å². The minimum Gasteiger partial charge on any atom is -0.481 e. The molecule has 1 aromatic heterocycles. The molecular weight excluding hydrogens is 558 g/mol. The summed E-state index contributed by atoms with van der Waals surface area (Å²) in [5.74, 6) is -1.49. The smallest absolute Gasteiger partial charge is 0.303 e. The summed E-state index contributed by atoms with van der Waals surface area (Å²) < 4.78 is 0.835. The lowest BCUT2D eigenvalue weighted by Crippen LogP contribution is -2.27. The van der Waals surface area contributed by atoms with Crippen molar-refractivity contribution in [3.63, 3.8) is 0 Å². The molecule has 0 unspecified atom stereocenters. The Balaban J connectivity index is 1.69. The second-order valence-corrected chi connectivity index (χ2v) is 10.1. The Hall–Kier alpha value is -3.75. The maximum atomic E-state index is 13.5. The van der Waals surface area contributed by atoms with E-state index in [0.717, 1.165) is 21.0 Å². The summed E-state index contributed by atoms with van der Waals surface area (Å²) in [5.41, 5.74) is 3.48. The molecule has 1 atom stereocenters. The normalized spacial score (nSPS) is 15.1. The van der Waals surface area contributed by atoms with Gasteiger partial charge in [0.25, 0.3) is 5.56 Å². The van der Waals surface area contributed by atoms with E-state index < -0.39 is 17.9 Å². The predicted molar refractivity (Wildman–Crippen MR) is 147 cm³/mol. The van der Waals surface area contributed by atoms with Crippen LogP contribution in [0.1, 0.15) is 36.4 Å². The summed E-state index contributed by atoms with van der Waals surface area (Å²) in [6.45, 7) is 0. The van der Waals surface area contributed by atoms with Crippen molar-refractivity contribution in [2.24, 2.45) is 5.10 Å². The molecule has 37 heavy (non-hydrogen) atoms. The quantitative estimate of drug-likeness (QED) is 0.286. The van der Waals surface area contributed by atoms with E-state index in [4.69, 9.17) is 16.7 Å². The minimum atomic E-state index is -1.06. The van der Waals surface area contributed by atoms with Crippen LogP contribution in [0.2, 0.25) is 5.02 Å². The van der Waals surface area contributed by atoms with E-state index in [-0.39, 0.29) is 24.8 Å². The zero-order valence-electron chi connectivity index (χ0n) is 19.4. The predicted octanol–water partition coefficient (Wildman–Crippen LogP) is 6.15. The molecule has 7 nitrogen and oxygen atoms in total. The molecule has 0 saturated carbocycles. The Labute approximate surface area is 225 Å². The number of carbonyl (C=O) groups excluding carboxylic acids is 1. The number of benzene rings is 3. The fourth-order valence-electron chi connectivity index (χ4n) is 4.63. The molecule has 9 heteroatoms. The molecule has 5 rings (SSSR count). The van der Waals surface area contributed by atoms with Gasteiger partial charge in [0, 0.05) is 38.8 Å². The highest BCUT2D eigenvalue weighted by Gasteiger charge is 2.35. The van der Waals surface area contributed by atoms with Crippen LogP contribution in [0, 0.1) is 0 Å². The van der Waals surface area contributed by atoms with E-state index in [0.29, 0.717) is 27.4 Å². The van der Waals surface area contributed by atoms with Gasteiger partial charge >= 0.3 is 5.97 Å². The number of rotatable bonds is 6. The van der Waals surface area contributed by atoms with Gasteiger partial charge < -0.3 is 10.1 Å². The second-order valence-electron chi connectivity index (χ2n) is 8.71. The first kappa shape index (κ1) is 24.9. The van der Waals surface area contributed by atoms with E-state index in [2.05, 4.69) is 26.0 Å². The molecule has 0 bridgehead atoms. The molecule has 1 amide bonds. The van der Waals surface area contributed by atoms with Gasteiger partial charge in [-0.25, -0.2) is 5.01 Å². The third-order valence-electron chi connectivity index (χ3n) is 6.30. The van der Waals surface area contributed by atoms with Gasteiger partial charge in [0.05, 0.1) is 23.7 Å². The standard InChI is InChI=1S/C28H21BrClN3O4/c29-18-5-3-4-17(14-18)23-15-22(32-33(23)24(34)12-13-25(35)36)27-26(16-8-10-19(30)11-9-16)20-6-1-2-7-21(20)31-28(27)37/h1-11,14,23H,12-13,15H2,(H,31,37)(H,35,36)/t23-/m1/s1. The van der Waals surface area contributed by atoms with Crippen LogP contribution in [0.3, 0.4) is 0 Å². The molecule has 0 fully saturated rings. The number of para-hydroxylation sites is 1. The summed E-state index contributed by atoms with van der Waals surface area (Å²) in [6, 6.07) is 21.8. The van der Waals surface area contributed by atoms with Gasteiger partial charge in [-0.2, -0.15) is 5.10 Å². The lowest BCUT2D eigenvalue weighted by atomic mass is 9.91. The molecule has 1 aliphatic heterocycles. The summed E-state index contributed by atoms with van der Waals surface area (Å²) >= 11 is 9.62. The number of H-pyrrole nitrogens is 1. The van der Waals surface area contributed by atoms with Crippen molar-refractivity contribution in [3.8, 4) is 11.1 Å². The molecule has 186 valence electrons. The van der Waals surface area contributed by atoms with Crippen LogP contribution in [0.5, 0.6) is 0 Å². The van der Waals surface area contributed by atoms with Crippen LogP contribution in [-0.2, 0) is 9.59 Å². The van der Waals surface area contributed by atoms with Gasteiger partial charge in [-0.05, 0) is 41.5 Å². The number of nitrogens with zero attached hydrogens (tertiary/aromatic N) is 2. The molecule has 4 aromatic rings. The molecule has 2 heterocycles. The molecule has 0 aliphatic carbocycles. The largest absolute Gasteiger partial charge is 0.481 e. The number of pyridine rings is 1. The maximum Gasteiger partial charge on any atom is 0.303 e. The number of amides is 1. The second kappa shape index (κ2) is 10.3. The lowest BCUT2D eigenvalue weighted by molar-refractivity contribution is -0.141. The number of aromatic nitrogens is 1. The van der Waals surface area contributed by atoms with Gasteiger partial charge in [-0.3, -0.25) is 14.4 Å². The van der Waals surface area contributed by atoms with Crippen molar-refractivity contribution < 1.29 is 14.7 Å². The van der Waals surface area contributed by atoms with E-state index in [9.17, 15) is 14.4 Å². The Kier molecular flexibility index (Phi) is 6.95. The first-order valence-electron chi connectivity index (χ1n) is 11.6. The minimum absolute atomic E-state index is 0.200. The van der Waals surface area contributed by atoms with Gasteiger partial charge in [0.2, 0.25) is 5.91 Å². The summed E-state index contributed by atoms with van der Waals surface area (Å²) in [7, 11) is 0. The first-order valence-corrected chi connectivity index (χ1v) is 12.8. The topological polar surface area (TPSA) is 103 Å². The summed E-state index contributed by atoms with van der Waals surface area (Å²) in [5, 5.41) is 16.5. The van der Waals surface area contributed by atoms with Crippen molar-refractivity contribution in [3.05, 3.63) is 104 Å². The number of fused-ring (bicyclic) bond motifs is 1. The maximum absolute atomic E-state index is 13.5. The first-order chi connectivity index (χ1) is 17.8. The zero-order chi connectivity index (χ0) is 26.1. The number of carboxylic acids is 1. The zero-order valence-corrected chi connectivity index (χ0v) is 21.8. The molecule has 0 radical (unpaired) electrons. The number of halogens is 2. The molecule has 3 aromatic carbocycles. The van der Waals surface area contributed by atoms with Crippen LogP contribution in [0.15, 0.2) is 87.2 Å². The lowest BCUT2D eigenvalue weighted by Gasteiger charge is -2.22. The van der Waals surface area contributed by atoms with Crippen LogP contribution in [-0.4, -0.2) is 32.7 Å². The fourth-order valence-corrected chi connectivity index (χ4v) is 5.17. The molecule has 0 saturated heterocycles. The molecule has 0 spiro atoms. The SMILES string of the molecule is O=C(O)CCC(=O)N1N=C(c2c(-c3ccc(Cl)cc3)c3ccccc3[nH]c2=O)C[C@@H]1c1cccc(Br)c1. The Morgan fingerprint density at radius 1 is 1.03 bits per heavy atom.